The van der Waals surface area contributed by atoms with Crippen LogP contribution in [-0.4, -0.2) is 49.3 Å². The molecular weight excluding hydrogens is 656 g/mol. The van der Waals surface area contributed by atoms with Crippen LogP contribution in [0.3, 0.4) is 0 Å². The van der Waals surface area contributed by atoms with Crippen molar-refractivity contribution in [3.63, 3.8) is 0 Å². The summed E-state index contributed by atoms with van der Waals surface area (Å²) in [6.45, 7) is 6.94. The summed E-state index contributed by atoms with van der Waals surface area (Å²) in [6.07, 6.45) is 7.46. The zero-order chi connectivity index (χ0) is 33.6. The molecule has 0 saturated carbocycles. The van der Waals surface area contributed by atoms with E-state index >= 15 is 0 Å². The van der Waals surface area contributed by atoms with Gasteiger partial charge in [-0.1, -0.05) is 72.8 Å². The maximum Gasteiger partial charge on any atom is 1.00 e. The van der Waals surface area contributed by atoms with Crippen LogP contribution < -0.4 is 34.5 Å². The summed E-state index contributed by atoms with van der Waals surface area (Å²) in [4.78, 5) is 1.07. The summed E-state index contributed by atoms with van der Waals surface area (Å²) in [5.41, 5.74) is 5.48. The van der Waals surface area contributed by atoms with Crippen molar-refractivity contribution in [3.8, 4) is 0 Å². The molecular formula is C37H36N2NaO6S2+. The number of hydrogen-bond donors (Lipinski definition) is 1. The number of hydrogen-bond acceptors (Lipinski definition) is 6. The van der Waals surface area contributed by atoms with Gasteiger partial charge in [0, 0.05) is 42.1 Å². The molecule has 5 rings (SSSR count). The van der Waals surface area contributed by atoms with Crippen molar-refractivity contribution in [1.29, 1.82) is 0 Å². The number of rotatable bonds is 11. The van der Waals surface area contributed by atoms with E-state index in [0.717, 1.165) is 53.8 Å². The molecule has 8 nitrogen and oxygen atoms in total. The summed E-state index contributed by atoms with van der Waals surface area (Å²) in [6, 6.07) is 30.5. The van der Waals surface area contributed by atoms with Crippen LogP contribution in [0.5, 0.6) is 0 Å². The molecule has 0 aromatic heterocycles. The average Bonchev–Trinajstić information content (AvgIpc) is 3.07. The Kier molecular flexibility index (Phi) is 12.6. The first-order chi connectivity index (χ1) is 22.5. The van der Waals surface area contributed by atoms with Crippen molar-refractivity contribution >= 4 is 37.2 Å². The monoisotopic (exact) mass is 691 g/mol. The van der Waals surface area contributed by atoms with Gasteiger partial charge < -0.3 is 9.45 Å². The topological polar surface area (TPSA) is 118 Å². The zero-order valence-corrected chi connectivity index (χ0v) is 30.8. The van der Waals surface area contributed by atoms with Crippen molar-refractivity contribution in [2.45, 2.75) is 36.7 Å². The molecule has 0 radical (unpaired) electrons. The molecule has 0 fully saturated rings. The molecule has 1 N–H and O–H groups in total. The molecule has 0 heterocycles. The minimum absolute atomic E-state index is 0. The minimum atomic E-state index is -5.04. The van der Waals surface area contributed by atoms with Gasteiger partial charge in [-0.05, 0) is 78.6 Å². The third-order valence-corrected chi connectivity index (χ3v) is 9.77. The summed E-state index contributed by atoms with van der Waals surface area (Å²) in [5.74, 6) is 0. The Morgan fingerprint density at radius 3 is 1.88 bits per heavy atom. The quantitative estimate of drug-likeness (QED) is 0.146. The van der Waals surface area contributed by atoms with E-state index in [0.29, 0.717) is 29.8 Å². The van der Waals surface area contributed by atoms with Gasteiger partial charge in [0.05, 0.1) is 9.79 Å². The fourth-order valence-corrected chi connectivity index (χ4v) is 6.79. The molecule has 4 aromatic rings. The summed E-state index contributed by atoms with van der Waals surface area (Å²) in [5, 5.41) is 0. The van der Waals surface area contributed by atoms with Crippen molar-refractivity contribution in [2.24, 2.45) is 0 Å². The second-order valence-electron chi connectivity index (χ2n) is 11.1. The molecule has 1 aliphatic rings. The first kappa shape index (κ1) is 37.2. The van der Waals surface area contributed by atoms with Gasteiger partial charge in [0.1, 0.15) is 16.7 Å². The molecule has 0 bridgehead atoms. The van der Waals surface area contributed by atoms with Crippen molar-refractivity contribution in [3.05, 3.63) is 155 Å². The van der Waals surface area contributed by atoms with E-state index in [2.05, 4.69) is 47.6 Å². The fourth-order valence-electron chi connectivity index (χ4n) is 5.62. The van der Waals surface area contributed by atoms with Crippen LogP contribution in [-0.2, 0) is 33.3 Å². The molecule has 0 spiro atoms. The van der Waals surface area contributed by atoms with Gasteiger partial charge in [0.25, 0.3) is 10.1 Å². The largest absolute Gasteiger partial charge is 1.00 e. The fraction of sp³-hybridized carbons (Fsp3) is 0.162. The van der Waals surface area contributed by atoms with E-state index < -0.39 is 30.0 Å². The minimum Gasteiger partial charge on any atom is -0.744 e. The number of benzene rings is 4. The van der Waals surface area contributed by atoms with Gasteiger partial charge in [-0.3, -0.25) is 4.55 Å². The van der Waals surface area contributed by atoms with Crippen LogP contribution in [0.4, 0.5) is 5.69 Å². The van der Waals surface area contributed by atoms with Crippen LogP contribution in [0.15, 0.2) is 143 Å². The second-order valence-corrected chi connectivity index (χ2v) is 13.8. The second kappa shape index (κ2) is 16.2. The summed E-state index contributed by atoms with van der Waals surface area (Å²) in [7, 11) is -9.75. The summed E-state index contributed by atoms with van der Waals surface area (Å²) >= 11 is 0. The van der Waals surface area contributed by atoms with Crippen molar-refractivity contribution in [2.75, 3.05) is 18.0 Å². The zero-order valence-electron chi connectivity index (χ0n) is 27.2. The Bertz CT molecular complexity index is 2070. The third-order valence-electron chi connectivity index (χ3n) is 8.03. The Balaban J connectivity index is 0.00000520. The van der Waals surface area contributed by atoms with Gasteiger partial charge in [-0.25, -0.2) is 13.0 Å². The van der Waals surface area contributed by atoms with E-state index in [-0.39, 0.29) is 35.1 Å². The normalized spacial score (nSPS) is 12.8. The SMILES string of the molecule is CCN(Cc1ccccc1)c1ccc(C(=C2C=CC(=[N+](CC)Cc3ccccc3)C=C2)c2cc(S(=O)(=O)O)ccc2S(=O)(=O)[O-])cc1.[Na+]. The van der Waals surface area contributed by atoms with Gasteiger partial charge in [0.2, 0.25) is 0 Å². The average molecular weight is 692 g/mol. The molecule has 242 valence electrons. The molecule has 4 aromatic carbocycles. The van der Waals surface area contributed by atoms with Crippen LogP contribution in [0.25, 0.3) is 5.57 Å². The smallest absolute Gasteiger partial charge is 0.744 e. The van der Waals surface area contributed by atoms with E-state index in [1.807, 2.05) is 85.0 Å². The van der Waals surface area contributed by atoms with E-state index in [1.165, 1.54) is 0 Å². The molecule has 48 heavy (non-hydrogen) atoms. The predicted octanol–water partition coefficient (Wildman–Crippen LogP) is 3.47. The van der Waals surface area contributed by atoms with Gasteiger partial charge >= 0.3 is 29.6 Å². The molecule has 11 heteroatoms. The molecule has 0 atom stereocenters. The molecule has 0 aliphatic heterocycles. The number of nitrogens with zero attached hydrogens (tertiary/aromatic N) is 2. The van der Waals surface area contributed by atoms with Crippen LogP contribution >= 0.6 is 0 Å². The van der Waals surface area contributed by atoms with Gasteiger partial charge in [0.15, 0.2) is 12.3 Å². The van der Waals surface area contributed by atoms with Crippen molar-refractivity contribution in [1.82, 2.24) is 0 Å². The Morgan fingerprint density at radius 1 is 0.771 bits per heavy atom. The maximum absolute atomic E-state index is 12.5. The molecule has 0 unspecified atom stereocenters. The van der Waals surface area contributed by atoms with Crippen LogP contribution in [0.2, 0.25) is 0 Å². The first-order valence-electron chi connectivity index (χ1n) is 15.2. The van der Waals surface area contributed by atoms with Gasteiger partial charge in [-0.2, -0.15) is 8.42 Å². The maximum atomic E-state index is 12.5. The van der Waals surface area contributed by atoms with E-state index in [1.54, 1.807) is 0 Å². The Labute approximate surface area is 305 Å². The third kappa shape index (κ3) is 9.09. The number of anilines is 1. The summed E-state index contributed by atoms with van der Waals surface area (Å²) < 4.78 is 73.8. The predicted molar refractivity (Wildman–Crippen MR) is 184 cm³/mol. The molecule has 1 aliphatic carbocycles. The Hall–Kier alpha value is -3.61. The van der Waals surface area contributed by atoms with E-state index in [9.17, 15) is 25.9 Å². The standard InChI is InChI=1S/C37H36N2O6S2.Na/c1-3-38(26-28-11-7-5-8-12-28)32-19-15-30(16-20-32)37(35-25-34(46(40,41)42)23-24-36(35)47(43,44)45)31-17-21-33(22-18-31)39(4-2)27-29-13-9-6-10-14-29;/h5-25H,3-4,26-27H2,1-2H3,(H-,40,41,42,43,44,45);/q;+1. The molecule has 0 amide bonds. The molecule has 0 saturated heterocycles. The first-order valence-corrected chi connectivity index (χ1v) is 18.1. The van der Waals surface area contributed by atoms with Crippen molar-refractivity contribution < 1.29 is 60.1 Å². The van der Waals surface area contributed by atoms with Crippen LogP contribution in [0.1, 0.15) is 36.1 Å². The number of allylic oxidation sites excluding steroid dienone is 5. The van der Waals surface area contributed by atoms with Gasteiger partial charge in [-0.15, -0.1) is 0 Å². The van der Waals surface area contributed by atoms with Crippen LogP contribution in [0, 0.1) is 0 Å². The Morgan fingerprint density at radius 2 is 1.35 bits per heavy atom. The van der Waals surface area contributed by atoms with E-state index in [4.69, 9.17) is 0 Å².